The number of carbonyl (C=O) groups excluding carboxylic acids is 1. The van der Waals surface area contributed by atoms with Gasteiger partial charge in [-0.3, -0.25) is 9.69 Å². The van der Waals surface area contributed by atoms with Crippen molar-refractivity contribution in [1.29, 1.82) is 0 Å². The van der Waals surface area contributed by atoms with Crippen molar-refractivity contribution in [3.8, 4) is 0 Å². The minimum absolute atomic E-state index is 0.196. The maximum Gasteiger partial charge on any atom is 0.243 e. The smallest absolute Gasteiger partial charge is 0.243 e. The minimum Gasteiger partial charge on any atom is -0.338 e. The number of rotatable bonds is 5. The fourth-order valence-corrected chi connectivity index (χ4v) is 5.72. The van der Waals surface area contributed by atoms with Crippen molar-refractivity contribution in [1.82, 2.24) is 14.1 Å². The van der Waals surface area contributed by atoms with Crippen LogP contribution in [0, 0.1) is 6.92 Å². The second kappa shape index (κ2) is 8.93. The molecule has 3 rings (SSSR count). The number of aryl methyl sites for hydroxylation is 1. The van der Waals surface area contributed by atoms with Gasteiger partial charge in [0.15, 0.2) is 0 Å². The molecule has 0 N–H and O–H groups in total. The van der Waals surface area contributed by atoms with Crippen molar-refractivity contribution in [2.24, 2.45) is 0 Å². The molecule has 2 fully saturated rings. The van der Waals surface area contributed by atoms with Crippen LogP contribution >= 0.6 is 0 Å². The lowest BCUT2D eigenvalue weighted by Gasteiger charge is -2.41. The van der Waals surface area contributed by atoms with Crippen LogP contribution in [0.15, 0.2) is 29.2 Å². The van der Waals surface area contributed by atoms with Crippen LogP contribution in [0.25, 0.3) is 0 Å². The number of sulfonamides is 1. The maximum absolute atomic E-state index is 13.1. The van der Waals surface area contributed by atoms with Crippen molar-refractivity contribution in [2.45, 2.75) is 63.4 Å². The maximum atomic E-state index is 13.1. The van der Waals surface area contributed by atoms with Gasteiger partial charge in [0.2, 0.25) is 15.9 Å². The first-order valence-electron chi connectivity index (χ1n) is 10.5. The van der Waals surface area contributed by atoms with Crippen LogP contribution < -0.4 is 0 Å². The summed E-state index contributed by atoms with van der Waals surface area (Å²) in [5, 5.41) is 0. The molecule has 2 heterocycles. The van der Waals surface area contributed by atoms with E-state index in [4.69, 9.17) is 0 Å². The Balaban J connectivity index is 1.61. The molecular formula is C21H33N3O3S. The molecule has 0 bridgehead atoms. The summed E-state index contributed by atoms with van der Waals surface area (Å²) in [5.74, 6) is 0.196. The van der Waals surface area contributed by atoms with Gasteiger partial charge >= 0.3 is 0 Å². The Labute approximate surface area is 169 Å². The largest absolute Gasteiger partial charge is 0.338 e. The summed E-state index contributed by atoms with van der Waals surface area (Å²) in [6.07, 6.45) is 4.38. The molecule has 1 aromatic carbocycles. The molecule has 6 nitrogen and oxygen atoms in total. The average molecular weight is 408 g/mol. The van der Waals surface area contributed by atoms with Gasteiger partial charge in [-0.25, -0.2) is 8.42 Å². The molecule has 2 aliphatic heterocycles. The second-order valence-corrected chi connectivity index (χ2v) is 9.96. The van der Waals surface area contributed by atoms with Gasteiger partial charge in [0.25, 0.3) is 0 Å². The zero-order chi connectivity index (χ0) is 20.3. The predicted octanol–water partition coefficient (Wildman–Crippen LogP) is 2.48. The Morgan fingerprint density at radius 1 is 1.07 bits per heavy atom. The highest BCUT2D eigenvalue weighted by Crippen LogP contribution is 2.23. The average Bonchev–Trinajstić information content (AvgIpc) is 2.73. The van der Waals surface area contributed by atoms with Crippen LogP contribution in [0.5, 0.6) is 0 Å². The molecule has 2 saturated heterocycles. The summed E-state index contributed by atoms with van der Waals surface area (Å²) >= 11 is 0. The standard InChI is InChI=1S/C21H33N3O3S/c1-4-19-7-5-6-12-24(19)21(25)18(3)22-13-15-23(16-14-22)28(26,27)20-10-8-17(2)9-11-20/h8-11,18-19H,4-7,12-16H2,1-3H3. The first kappa shape index (κ1) is 21.3. The van der Waals surface area contributed by atoms with Gasteiger partial charge in [0.1, 0.15) is 0 Å². The quantitative estimate of drug-likeness (QED) is 0.752. The second-order valence-electron chi connectivity index (χ2n) is 8.02. The number of amides is 1. The normalized spacial score (nSPS) is 23.5. The Hall–Kier alpha value is -1.44. The van der Waals surface area contributed by atoms with Gasteiger partial charge < -0.3 is 4.90 Å². The SMILES string of the molecule is CCC1CCCCN1C(=O)C(C)N1CCN(S(=O)(=O)c2ccc(C)cc2)CC1. The monoisotopic (exact) mass is 407 g/mol. The van der Waals surface area contributed by atoms with Crippen LogP contribution in [-0.2, 0) is 14.8 Å². The number of piperidine rings is 1. The summed E-state index contributed by atoms with van der Waals surface area (Å²) in [5.41, 5.74) is 1.04. The number of hydrogen-bond acceptors (Lipinski definition) is 4. The van der Waals surface area contributed by atoms with Crippen LogP contribution in [-0.4, -0.2) is 73.2 Å². The van der Waals surface area contributed by atoms with Gasteiger partial charge in [-0.2, -0.15) is 4.31 Å². The molecule has 2 atom stereocenters. The summed E-state index contributed by atoms with van der Waals surface area (Å²) in [6, 6.07) is 7.15. The first-order chi connectivity index (χ1) is 13.3. The molecule has 0 saturated carbocycles. The van der Waals surface area contributed by atoms with Crippen molar-refractivity contribution >= 4 is 15.9 Å². The summed E-state index contributed by atoms with van der Waals surface area (Å²) in [6.45, 7) is 8.92. The topological polar surface area (TPSA) is 60.9 Å². The number of benzene rings is 1. The molecule has 28 heavy (non-hydrogen) atoms. The van der Waals surface area contributed by atoms with Gasteiger partial charge in [0.05, 0.1) is 10.9 Å². The number of piperazine rings is 1. The third-order valence-electron chi connectivity index (χ3n) is 6.22. The van der Waals surface area contributed by atoms with E-state index >= 15 is 0 Å². The van der Waals surface area contributed by atoms with E-state index in [9.17, 15) is 13.2 Å². The third kappa shape index (κ3) is 4.42. The lowest BCUT2D eigenvalue weighted by atomic mass is 9.99. The number of likely N-dealkylation sites (tertiary alicyclic amines) is 1. The molecule has 1 amide bonds. The first-order valence-corrected chi connectivity index (χ1v) is 11.9. The minimum atomic E-state index is -3.47. The highest BCUT2D eigenvalue weighted by atomic mass is 32.2. The zero-order valence-corrected chi connectivity index (χ0v) is 18.1. The number of nitrogens with zero attached hydrogens (tertiary/aromatic N) is 3. The Kier molecular flexibility index (Phi) is 6.78. The van der Waals surface area contributed by atoms with Gasteiger partial charge in [0, 0.05) is 38.8 Å². The summed E-state index contributed by atoms with van der Waals surface area (Å²) in [7, 11) is -3.47. The molecule has 2 aliphatic rings. The fourth-order valence-electron chi connectivity index (χ4n) is 4.30. The van der Waals surface area contributed by atoms with E-state index < -0.39 is 10.0 Å². The number of hydrogen-bond donors (Lipinski definition) is 0. The lowest BCUT2D eigenvalue weighted by molar-refractivity contribution is -0.140. The molecule has 7 heteroatoms. The number of carbonyl (C=O) groups is 1. The van der Waals surface area contributed by atoms with Gasteiger partial charge in [-0.15, -0.1) is 0 Å². The van der Waals surface area contributed by atoms with Gasteiger partial charge in [-0.1, -0.05) is 24.6 Å². The zero-order valence-electron chi connectivity index (χ0n) is 17.3. The molecule has 0 aliphatic carbocycles. The Morgan fingerprint density at radius 2 is 1.71 bits per heavy atom. The fraction of sp³-hybridized carbons (Fsp3) is 0.667. The van der Waals surface area contributed by atoms with Gasteiger partial charge in [-0.05, 0) is 51.7 Å². The molecule has 156 valence electrons. The van der Waals surface area contributed by atoms with Crippen molar-refractivity contribution in [2.75, 3.05) is 32.7 Å². The highest BCUT2D eigenvalue weighted by Gasteiger charge is 2.35. The Morgan fingerprint density at radius 3 is 2.32 bits per heavy atom. The Bertz CT molecular complexity index is 771. The van der Waals surface area contributed by atoms with Crippen molar-refractivity contribution < 1.29 is 13.2 Å². The van der Waals surface area contributed by atoms with E-state index in [-0.39, 0.29) is 11.9 Å². The molecule has 0 radical (unpaired) electrons. The molecule has 0 aromatic heterocycles. The lowest BCUT2D eigenvalue weighted by Crippen LogP contribution is -2.57. The van der Waals surface area contributed by atoms with Crippen LogP contribution in [0.3, 0.4) is 0 Å². The van der Waals surface area contributed by atoms with E-state index in [0.717, 1.165) is 31.4 Å². The van der Waals surface area contributed by atoms with E-state index in [1.54, 1.807) is 16.4 Å². The van der Waals surface area contributed by atoms with Crippen LogP contribution in [0.4, 0.5) is 0 Å². The summed E-state index contributed by atoms with van der Waals surface area (Å²) < 4.78 is 27.3. The van der Waals surface area contributed by atoms with E-state index in [2.05, 4.69) is 16.7 Å². The van der Waals surface area contributed by atoms with E-state index in [0.29, 0.717) is 37.1 Å². The third-order valence-corrected chi connectivity index (χ3v) is 8.13. The van der Waals surface area contributed by atoms with Crippen molar-refractivity contribution in [3.05, 3.63) is 29.8 Å². The van der Waals surface area contributed by atoms with Crippen LogP contribution in [0.1, 0.15) is 45.1 Å². The summed E-state index contributed by atoms with van der Waals surface area (Å²) in [4.78, 5) is 17.6. The highest BCUT2D eigenvalue weighted by molar-refractivity contribution is 7.89. The van der Waals surface area contributed by atoms with Crippen molar-refractivity contribution in [3.63, 3.8) is 0 Å². The van der Waals surface area contributed by atoms with E-state index in [1.807, 2.05) is 26.0 Å². The molecular weight excluding hydrogens is 374 g/mol. The molecule has 2 unspecified atom stereocenters. The predicted molar refractivity (Wildman–Crippen MR) is 111 cm³/mol. The van der Waals surface area contributed by atoms with E-state index in [1.165, 1.54) is 6.42 Å². The molecule has 1 aromatic rings. The molecule has 0 spiro atoms. The van der Waals surface area contributed by atoms with Crippen LogP contribution in [0.2, 0.25) is 0 Å².